The normalized spacial score (nSPS) is 28.1. The van der Waals surface area contributed by atoms with Crippen LogP contribution in [0.4, 0.5) is 0 Å². The van der Waals surface area contributed by atoms with Crippen molar-refractivity contribution in [1.82, 2.24) is 9.88 Å². The van der Waals surface area contributed by atoms with Crippen LogP contribution in [0.15, 0.2) is 24.3 Å². The molecule has 2 aromatic rings. The Labute approximate surface area is 107 Å². The molecule has 3 N–H and O–H groups in total. The van der Waals surface area contributed by atoms with E-state index in [9.17, 15) is 0 Å². The number of hydrogen-bond acceptors (Lipinski definition) is 2. The maximum Gasteiger partial charge on any atom is 0.0654 e. The Bertz CT molecular complexity index is 586. The Hall–Kier alpha value is -1.32. The van der Waals surface area contributed by atoms with Gasteiger partial charge in [-0.1, -0.05) is 18.2 Å². The lowest BCUT2D eigenvalue weighted by Gasteiger charge is -2.42. The van der Waals surface area contributed by atoms with Gasteiger partial charge in [-0.15, -0.1) is 0 Å². The number of nitrogens with zero attached hydrogens (tertiary/aromatic N) is 1. The van der Waals surface area contributed by atoms with Gasteiger partial charge in [-0.2, -0.15) is 0 Å². The average molecular weight is 241 g/mol. The third-order valence-electron chi connectivity index (χ3n) is 4.57. The third kappa shape index (κ3) is 1.38. The van der Waals surface area contributed by atoms with Gasteiger partial charge in [0.15, 0.2) is 0 Å². The van der Waals surface area contributed by atoms with Crippen molar-refractivity contribution in [2.75, 3.05) is 13.1 Å². The molecular formula is C15H19N3. The summed E-state index contributed by atoms with van der Waals surface area (Å²) in [7, 11) is 0. The van der Waals surface area contributed by atoms with Crippen molar-refractivity contribution in [3.8, 4) is 0 Å². The van der Waals surface area contributed by atoms with Crippen LogP contribution in [0.25, 0.3) is 10.9 Å². The molecule has 1 fully saturated rings. The minimum atomic E-state index is 0.283. The molecule has 0 bridgehead atoms. The number of H-pyrrole nitrogens is 1. The van der Waals surface area contributed by atoms with Crippen LogP contribution in [0.3, 0.4) is 0 Å². The molecule has 4 rings (SSSR count). The number of hydrogen-bond donors (Lipinski definition) is 2. The summed E-state index contributed by atoms with van der Waals surface area (Å²) in [6.07, 6.45) is 3.55. The van der Waals surface area contributed by atoms with Gasteiger partial charge in [-0.25, -0.2) is 0 Å². The molecule has 2 aliphatic rings. The first-order valence-corrected chi connectivity index (χ1v) is 6.94. The Morgan fingerprint density at radius 3 is 3.06 bits per heavy atom. The Morgan fingerprint density at radius 1 is 1.22 bits per heavy atom. The van der Waals surface area contributed by atoms with Gasteiger partial charge in [0.25, 0.3) is 0 Å². The van der Waals surface area contributed by atoms with Crippen LogP contribution in [-0.2, 0) is 6.42 Å². The third-order valence-corrected chi connectivity index (χ3v) is 4.57. The fourth-order valence-corrected chi connectivity index (χ4v) is 3.74. The van der Waals surface area contributed by atoms with Gasteiger partial charge in [0, 0.05) is 29.2 Å². The second-order valence-electron chi connectivity index (χ2n) is 5.60. The summed E-state index contributed by atoms with van der Waals surface area (Å²) in [6, 6.07) is 9.33. The minimum Gasteiger partial charge on any atom is -0.357 e. The highest BCUT2D eigenvalue weighted by Gasteiger charge is 2.36. The molecule has 1 aromatic heterocycles. The Balaban J connectivity index is 1.90. The second kappa shape index (κ2) is 3.84. The van der Waals surface area contributed by atoms with E-state index in [0.717, 1.165) is 19.4 Å². The average Bonchev–Trinajstić information content (AvgIpc) is 2.77. The van der Waals surface area contributed by atoms with E-state index >= 15 is 0 Å². The number of piperidine rings is 1. The van der Waals surface area contributed by atoms with E-state index in [1.165, 1.54) is 35.1 Å². The zero-order valence-corrected chi connectivity index (χ0v) is 10.5. The van der Waals surface area contributed by atoms with Crippen LogP contribution in [0.1, 0.15) is 30.1 Å². The lowest BCUT2D eigenvalue weighted by atomic mass is 9.88. The van der Waals surface area contributed by atoms with Gasteiger partial charge in [-0.3, -0.25) is 4.90 Å². The zero-order chi connectivity index (χ0) is 12.1. The van der Waals surface area contributed by atoms with E-state index in [-0.39, 0.29) is 6.04 Å². The monoisotopic (exact) mass is 241 g/mol. The van der Waals surface area contributed by atoms with Crippen LogP contribution < -0.4 is 5.73 Å². The fraction of sp³-hybridized carbons (Fsp3) is 0.467. The molecule has 0 aliphatic carbocycles. The molecule has 1 saturated heterocycles. The lowest BCUT2D eigenvalue weighted by molar-refractivity contribution is 0.116. The second-order valence-corrected chi connectivity index (χ2v) is 5.60. The van der Waals surface area contributed by atoms with Crippen LogP contribution in [0.2, 0.25) is 0 Å². The SMILES string of the molecule is N[C@H]1CCCN2CCc3c([nH]c4ccccc34)[C@@H]12. The molecular weight excluding hydrogens is 222 g/mol. The molecule has 2 atom stereocenters. The van der Waals surface area contributed by atoms with Gasteiger partial charge in [-0.05, 0) is 37.4 Å². The van der Waals surface area contributed by atoms with Crippen molar-refractivity contribution in [3.63, 3.8) is 0 Å². The van der Waals surface area contributed by atoms with E-state index in [1.54, 1.807) is 0 Å². The first-order valence-electron chi connectivity index (χ1n) is 6.94. The number of benzene rings is 1. The molecule has 0 spiro atoms. The molecule has 0 saturated carbocycles. The van der Waals surface area contributed by atoms with Gasteiger partial charge < -0.3 is 10.7 Å². The predicted octanol–water partition coefficient (Wildman–Crippen LogP) is 2.19. The summed E-state index contributed by atoms with van der Waals surface area (Å²) in [5.74, 6) is 0. The van der Waals surface area contributed by atoms with E-state index in [4.69, 9.17) is 5.73 Å². The van der Waals surface area contributed by atoms with Crippen LogP contribution in [-0.4, -0.2) is 29.0 Å². The van der Waals surface area contributed by atoms with Crippen molar-refractivity contribution in [1.29, 1.82) is 0 Å². The van der Waals surface area contributed by atoms with E-state index in [2.05, 4.69) is 34.1 Å². The van der Waals surface area contributed by atoms with E-state index in [1.807, 2.05) is 0 Å². The van der Waals surface area contributed by atoms with Gasteiger partial charge in [0.05, 0.1) is 6.04 Å². The first-order chi connectivity index (χ1) is 8.84. The zero-order valence-electron chi connectivity index (χ0n) is 10.5. The number of nitrogens with two attached hydrogens (primary N) is 1. The molecule has 3 nitrogen and oxygen atoms in total. The van der Waals surface area contributed by atoms with Gasteiger partial charge >= 0.3 is 0 Å². The summed E-state index contributed by atoms with van der Waals surface area (Å²) >= 11 is 0. The summed E-state index contributed by atoms with van der Waals surface area (Å²) < 4.78 is 0. The highest BCUT2D eigenvalue weighted by atomic mass is 15.2. The van der Waals surface area contributed by atoms with Crippen molar-refractivity contribution < 1.29 is 0 Å². The van der Waals surface area contributed by atoms with E-state index < -0.39 is 0 Å². The number of fused-ring (bicyclic) bond motifs is 5. The molecule has 18 heavy (non-hydrogen) atoms. The van der Waals surface area contributed by atoms with Crippen LogP contribution in [0, 0.1) is 0 Å². The van der Waals surface area contributed by atoms with Gasteiger partial charge in [0.2, 0.25) is 0 Å². The molecule has 3 heteroatoms. The summed E-state index contributed by atoms with van der Waals surface area (Å²) in [5, 5.41) is 1.39. The predicted molar refractivity (Wildman–Crippen MR) is 73.5 cm³/mol. The molecule has 0 radical (unpaired) electrons. The van der Waals surface area contributed by atoms with Gasteiger partial charge in [0.1, 0.15) is 0 Å². The molecule has 0 amide bonds. The first kappa shape index (κ1) is 10.6. The topological polar surface area (TPSA) is 45.0 Å². The van der Waals surface area contributed by atoms with Crippen molar-refractivity contribution in [2.45, 2.75) is 31.3 Å². The summed E-state index contributed by atoms with van der Waals surface area (Å²) in [6.45, 7) is 2.36. The summed E-state index contributed by atoms with van der Waals surface area (Å²) in [4.78, 5) is 6.19. The Kier molecular flexibility index (Phi) is 2.26. The van der Waals surface area contributed by atoms with Crippen LogP contribution in [0.5, 0.6) is 0 Å². The number of rotatable bonds is 0. The largest absolute Gasteiger partial charge is 0.357 e. The number of nitrogens with one attached hydrogen (secondary N) is 1. The quantitative estimate of drug-likeness (QED) is 0.742. The molecule has 1 aromatic carbocycles. The van der Waals surface area contributed by atoms with Crippen molar-refractivity contribution in [3.05, 3.63) is 35.5 Å². The van der Waals surface area contributed by atoms with Crippen molar-refractivity contribution in [2.24, 2.45) is 5.73 Å². The highest BCUT2D eigenvalue weighted by Crippen LogP contribution is 2.38. The standard InChI is InChI=1S/C15H19N3/c16-12-5-3-8-18-9-7-11-10-4-1-2-6-13(10)17-14(11)15(12)18/h1-2,4,6,12,15,17H,3,5,7-9,16H2/t12-,15+/m0/s1. The lowest BCUT2D eigenvalue weighted by Crippen LogP contribution is -2.49. The maximum atomic E-state index is 6.36. The maximum absolute atomic E-state index is 6.36. The van der Waals surface area contributed by atoms with E-state index in [0.29, 0.717) is 6.04 Å². The fourth-order valence-electron chi connectivity index (χ4n) is 3.74. The highest BCUT2D eigenvalue weighted by molar-refractivity contribution is 5.85. The van der Waals surface area contributed by atoms with Crippen molar-refractivity contribution >= 4 is 10.9 Å². The molecule has 3 heterocycles. The number of para-hydroxylation sites is 1. The molecule has 94 valence electrons. The van der Waals surface area contributed by atoms with Crippen LogP contribution >= 0.6 is 0 Å². The summed E-state index contributed by atoms with van der Waals surface area (Å²) in [5.41, 5.74) is 10.5. The number of aromatic amines is 1. The minimum absolute atomic E-state index is 0.283. The smallest absolute Gasteiger partial charge is 0.0654 e. The molecule has 0 unspecified atom stereocenters. The number of aromatic nitrogens is 1. The Morgan fingerprint density at radius 2 is 2.11 bits per heavy atom. The molecule has 2 aliphatic heterocycles.